The zero-order chi connectivity index (χ0) is 10.9. The number of ether oxygens (including phenoxy) is 1. The van der Waals surface area contributed by atoms with Gasteiger partial charge in [-0.1, -0.05) is 0 Å². The van der Waals surface area contributed by atoms with E-state index in [1.165, 1.54) is 0 Å². The Morgan fingerprint density at radius 3 is 1.38 bits per heavy atom. The van der Waals surface area contributed by atoms with Crippen molar-refractivity contribution < 1.29 is 24.5 Å². The molecule has 0 aromatic rings. The monoisotopic (exact) mass is 190 g/mol. The highest BCUT2D eigenvalue weighted by Gasteiger charge is 2.45. The van der Waals surface area contributed by atoms with Gasteiger partial charge in [-0.15, -0.1) is 0 Å². The summed E-state index contributed by atoms with van der Waals surface area (Å²) in [6.45, 7) is 5.80. The van der Waals surface area contributed by atoms with E-state index < -0.39 is 23.1 Å². The summed E-state index contributed by atoms with van der Waals surface area (Å²) >= 11 is 0. The van der Waals surface area contributed by atoms with Gasteiger partial charge in [-0.25, -0.2) is 9.59 Å². The van der Waals surface area contributed by atoms with Crippen molar-refractivity contribution in [1.29, 1.82) is 0 Å². The first-order chi connectivity index (χ1) is 5.59. The third kappa shape index (κ3) is 3.02. The average Bonchev–Trinajstić information content (AvgIpc) is 1.82. The van der Waals surface area contributed by atoms with Gasteiger partial charge >= 0.3 is 11.9 Å². The molecule has 0 aliphatic rings. The van der Waals surface area contributed by atoms with E-state index in [0.717, 1.165) is 6.92 Å². The molecule has 0 bridgehead atoms. The standard InChI is InChI=1S/C8H14O5/c1-7(2,3)13-8(4,5(9)10)6(11)12/h1-4H3,(H,9,10)(H,11,12). The fourth-order valence-electron chi connectivity index (χ4n) is 0.791. The number of hydrogen-bond acceptors (Lipinski definition) is 3. The van der Waals surface area contributed by atoms with E-state index in [1.54, 1.807) is 20.8 Å². The van der Waals surface area contributed by atoms with Gasteiger partial charge in [0.05, 0.1) is 5.60 Å². The summed E-state index contributed by atoms with van der Waals surface area (Å²) in [5.74, 6) is -3.01. The van der Waals surface area contributed by atoms with Crippen LogP contribution in [0.3, 0.4) is 0 Å². The quantitative estimate of drug-likeness (QED) is 0.641. The van der Waals surface area contributed by atoms with Gasteiger partial charge in [-0.2, -0.15) is 0 Å². The van der Waals surface area contributed by atoms with Crippen molar-refractivity contribution in [2.45, 2.75) is 38.9 Å². The van der Waals surface area contributed by atoms with Gasteiger partial charge in [-0.3, -0.25) is 0 Å². The van der Waals surface area contributed by atoms with E-state index in [4.69, 9.17) is 14.9 Å². The van der Waals surface area contributed by atoms with Gasteiger partial charge in [-0.05, 0) is 27.7 Å². The maximum absolute atomic E-state index is 10.6. The van der Waals surface area contributed by atoms with Gasteiger partial charge in [0.1, 0.15) is 0 Å². The molecule has 76 valence electrons. The average molecular weight is 190 g/mol. The molecular weight excluding hydrogens is 176 g/mol. The highest BCUT2D eigenvalue weighted by molar-refractivity contribution is 6.01. The fourth-order valence-corrected chi connectivity index (χ4v) is 0.791. The zero-order valence-corrected chi connectivity index (χ0v) is 8.12. The molecule has 0 heterocycles. The number of carboxylic acid groups (broad SMARTS) is 2. The molecule has 2 N–H and O–H groups in total. The molecule has 13 heavy (non-hydrogen) atoms. The largest absolute Gasteiger partial charge is 0.479 e. The van der Waals surface area contributed by atoms with E-state index in [-0.39, 0.29) is 0 Å². The maximum atomic E-state index is 10.6. The molecule has 0 saturated heterocycles. The highest BCUT2D eigenvalue weighted by Crippen LogP contribution is 2.20. The first kappa shape index (κ1) is 11.9. The van der Waals surface area contributed by atoms with Gasteiger partial charge < -0.3 is 14.9 Å². The molecule has 0 atom stereocenters. The van der Waals surface area contributed by atoms with Crippen LogP contribution in [0.25, 0.3) is 0 Å². The van der Waals surface area contributed by atoms with Crippen molar-refractivity contribution in [2.24, 2.45) is 0 Å². The number of hydrogen-bond donors (Lipinski definition) is 2. The molecule has 0 rings (SSSR count). The Hall–Kier alpha value is -1.10. The number of rotatable bonds is 3. The van der Waals surface area contributed by atoms with Gasteiger partial charge in [0.2, 0.25) is 0 Å². The normalized spacial score (nSPS) is 12.6. The minimum atomic E-state index is -2.18. The Bertz CT molecular complexity index is 211. The van der Waals surface area contributed by atoms with Crippen LogP contribution in [0.15, 0.2) is 0 Å². The predicted octanol–water partition coefficient (Wildman–Crippen LogP) is 0.729. The smallest absolute Gasteiger partial charge is 0.347 e. The first-order valence-electron chi connectivity index (χ1n) is 3.76. The van der Waals surface area contributed by atoms with Crippen LogP contribution in [0.2, 0.25) is 0 Å². The van der Waals surface area contributed by atoms with Crippen molar-refractivity contribution in [3.8, 4) is 0 Å². The van der Waals surface area contributed by atoms with Crippen LogP contribution < -0.4 is 0 Å². The Morgan fingerprint density at radius 1 is 1.00 bits per heavy atom. The van der Waals surface area contributed by atoms with Crippen LogP contribution in [0, 0.1) is 0 Å². The summed E-state index contributed by atoms with van der Waals surface area (Å²) in [7, 11) is 0. The Morgan fingerprint density at radius 2 is 1.31 bits per heavy atom. The second-order valence-corrected chi connectivity index (χ2v) is 3.86. The van der Waals surface area contributed by atoms with Crippen LogP contribution >= 0.6 is 0 Å². The lowest BCUT2D eigenvalue weighted by molar-refractivity contribution is -0.196. The second kappa shape index (κ2) is 3.33. The van der Waals surface area contributed by atoms with Crippen LogP contribution in [0.1, 0.15) is 27.7 Å². The molecule has 0 unspecified atom stereocenters. The van der Waals surface area contributed by atoms with Crippen LogP contribution in [0.4, 0.5) is 0 Å². The molecule has 0 saturated carbocycles. The first-order valence-corrected chi connectivity index (χ1v) is 3.76. The Kier molecular flexibility index (Phi) is 3.05. The topological polar surface area (TPSA) is 83.8 Å². The minimum absolute atomic E-state index is 0.814. The summed E-state index contributed by atoms with van der Waals surface area (Å²) in [5.41, 5.74) is -3.00. The zero-order valence-electron chi connectivity index (χ0n) is 8.12. The molecule has 0 aromatic carbocycles. The van der Waals surface area contributed by atoms with Crippen molar-refractivity contribution >= 4 is 11.9 Å². The number of aliphatic carboxylic acids is 2. The summed E-state index contributed by atoms with van der Waals surface area (Å²) in [5, 5.41) is 17.3. The number of carbonyl (C=O) groups is 2. The lowest BCUT2D eigenvalue weighted by Crippen LogP contribution is -2.50. The lowest BCUT2D eigenvalue weighted by Gasteiger charge is -2.29. The third-order valence-electron chi connectivity index (χ3n) is 1.33. The van der Waals surface area contributed by atoms with Crippen molar-refractivity contribution in [1.82, 2.24) is 0 Å². The van der Waals surface area contributed by atoms with Gasteiger partial charge in [0, 0.05) is 0 Å². The summed E-state index contributed by atoms with van der Waals surface area (Å²) in [4.78, 5) is 21.3. The minimum Gasteiger partial charge on any atom is -0.479 e. The van der Waals surface area contributed by atoms with Crippen molar-refractivity contribution in [3.63, 3.8) is 0 Å². The molecule has 0 spiro atoms. The molecule has 0 radical (unpaired) electrons. The van der Waals surface area contributed by atoms with Crippen molar-refractivity contribution in [2.75, 3.05) is 0 Å². The summed E-state index contributed by atoms with van der Waals surface area (Å²) in [6.07, 6.45) is 0. The van der Waals surface area contributed by atoms with Crippen LogP contribution in [-0.2, 0) is 14.3 Å². The summed E-state index contributed by atoms with van der Waals surface area (Å²) < 4.78 is 4.95. The fraction of sp³-hybridized carbons (Fsp3) is 0.750. The van der Waals surface area contributed by atoms with E-state index in [0.29, 0.717) is 0 Å². The molecule has 0 aromatic heterocycles. The maximum Gasteiger partial charge on any atom is 0.347 e. The van der Waals surface area contributed by atoms with Crippen LogP contribution in [0.5, 0.6) is 0 Å². The van der Waals surface area contributed by atoms with Gasteiger partial charge in [0.15, 0.2) is 0 Å². The second-order valence-electron chi connectivity index (χ2n) is 3.86. The van der Waals surface area contributed by atoms with E-state index in [2.05, 4.69) is 0 Å². The van der Waals surface area contributed by atoms with Crippen molar-refractivity contribution in [3.05, 3.63) is 0 Å². The predicted molar refractivity (Wildman–Crippen MR) is 44.5 cm³/mol. The van der Waals surface area contributed by atoms with Crippen LogP contribution in [-0.4, -0.2) is 33.4 Å². The van der Waals surface area contributed by atoms with Gasteiger partial charge in [0.25, 0.3) is 5.60 Å². The Labute approximate surface area is 76.3 Å². The molecule has 0 aliphatic carbocycles. The molecular formula is C8H14O5. The molecule has 0 aliphatic heterocycles. The van der Waals surface area contributed by atoms with E-state index >= 15 is 0 Å². The summed E-state index contributed by atoms with van der Waals surface area (Å²) in [6, 6.07) is 0. The lowest BCUT2D eigenvalue weighted by atomic mass is 10.1. The SMILES string of the molecule is CC(C)(C)OC(C)(C(=O)O)C(=O)O. The third-order valence-corrected chi connectivity index (χ3v) is 1.33. The van der Waals surface area contributed by atoms with E-state index in [9.17, 15) is 9.59 Å². The van der Waals surface area contributed by atoms with E-state index in [1.807, 2.05) is 0 Å². The highest BCUT2D eigenvalue weighted by atomic mass is 16.6. The Balaban J connectivity index is 4.84. The molecule has 5 nitrogen and oxygen atoms in total. The molecule has 0 amide bonds. The number of carboxylic acids is 2. The molecule has 5 heteroatoms. The molecule has 0 fully saturated rings.